The standard InChI is InChI=1S/C13H14INO/c1-15-13(7-10-5-6-16-9-10)11-3-2-4-12(14)8-11/h2-6,8-9,13,15H,7H2,1H3. The fourth-order valence-electron chi connectivity index (χ4n) is 1.75. The number of rotatable bonds is 4. The van der Waals surface area contributed by atoms with Crippen molar-refractivity contribution in [2.45, 2.75) is 12.5 Å². The van der Waals surface area contributed by atoms with E-state index in [1.54, 1.807) is 12.5 Å². The molecule has 1 unspecified atom stereocenters. The maximum absolute atomic E-state index is 5.09. The molecule has 0 aliphatic heterocycles. The molecule has 0 radical (unpaired) electrons. The Kier molecular flexibility index (Phi) is 4.01. The minimum atomic E-state index is 0.340. The fourth-order valence-corrected chi connectivity index (χ4v) is 2.32. The Hall–Kier alpha value is -0.810. The first kappa shape index (κ1) is 11.7. The molecule has 1 N–H and O–H groups in total. The summed E-state index contributed by atoms with van der Waals surface area (Å²) in [5.74, 6) is 0. The number of hydrogen-bond donors (Lipinski definition) is 1. The van der Waals surface area contributed by atoms with E-state index in [-0.39, 0.29) is 0 Å². The number of benzene rings is 1. The molecule has 3 heteroatoms. The van der Waals surface area contributed by atoms with Crippen molar-refractivity contribution in [2.75, 3.05) is 7.05 Å². The Morgan fingerprint density at radius 3 is 2.88 bits per heavy atom. The van der Waals surface area contributed by atoms with Crippen molar-refractivity contribution in [3.8, 4) is 0 Å². The normalized spacial score (nSPS) is 12.6. The zero-order valence-electron chi connectivity index (χ0n) is 9.11. The molecule has 2 nitrogen and oxygen atoms in total. The SMILES string of the molecule is CNC(Cc1ccoc1)c1cccc(I)c1. The van der Waals surface area contributed by atoms with Crippen LogP contribution in [-0.4, -0.2) is 7.05 Å². The van der Waals surface area contributed by atoms with Crippen LogP contribution in [0.5, 0.6) is 0 Å². The first-order valence-corrected chi connectivity index (χ1v) is 6.31. The van der Waals surface area contributed by atoms with Gasteiger partial charge in [-0.1, -0.05) is 12.1 Å². The van der Waals surface area contributed by atoms with Gasteiger partial charge in [0.2, 0.25) is 0 Å². The van der Waals surface area contributed by atoms with Gasteiger partial charge in [0.15, 0.2) is 0 Å². The van der Waals surface area contributed by atoms with Crippen LogP contribution in [0, 0.1) is 3.57 Å². The van der Waals surface area contributed by atoms with E-state index >= 15 is 0 Å². The molecule has 0 spiro atoms. The number of hydrogen-bond acceptors (Lipinski definition) is 2. The molecule has 1 aromatic heterocycles. The Balaban J connectivity index is 2.16. The summed E-state index contributed by atoms with van der Waals surface area (Å²) in [5.41, 5.74) is 2.54. The lowest BCUT2D eigenvalue weighted by atomic mass is 10.0. The van der Waals surface area contributed by atoms with Gasteiger partial charge in [-0.2, -0.15) is 0 Å². The van der Waals surface area contributed by atoms with Crippen molar-refractivity contribution in [1.29, 1.82) is 0 Å². The van der Waals surface area contributed by atoms with Gasteiger partial charge >= 0.3 is 0 Å². The van der Waals surface area contributed by atoms with E-state index in [0.717, 1.165) is 6.42 Å². The van der Waals surface area contributed by atoms with E-state index < -0.39 is 0 Å². The minimum absolute atomic E-state index is 0.340. The maximum atomic E-state index is 5.09. The van der Waals surface area contributed by atoms with Crippen LogP contribution >= 0.6 is 22.6 Å². The summed E-state index contributed by atoms with van der Waals surface area (Å²) in [6.45, 7) is 0. The van der Waals surface area contributed by atoms with Gasteiger partial charge in [0.05, 0.1) is 12.5 Å². The van der Waals surface area contributed by atoms with E-state index in [1.165, 1.54) is 14.7 Å². The van der Waals surface area contributed by atoms with E-state index in [9.17, 15) is 0 Å². The van der Waals surface area contributed by atoms with Gasteiger partial charge in [-0.3, -0.25) is 0 Å². The Morgan fingerprint density at radius 1 is 1.38 bits per heavy atom. The molecule has 0 saturated carbocycles. The largest absolute Gasteiger partial charge is 0.472 e. The van der Waals surface area contributed by atoms with Crippen molar-refractivity contribution >= 4 is 22.6 Å². The first-order valence-electron chi connectivity index (χ1n) is 5.23. The molecule has 0 amide bonds. The molecule has 0 saturated heterocycles. The molecule has 84 valence electrons. The van der Waals surface area contributed by atoms with Crippen LogP contribution in [0.2, 0.25) is 0 Å². The zero-order valence-corrected chi connectivity index (χ0v) is 11.3. The summed E-state index contributed by atoms with van der Waals surface area (Å²) in [5, 5.41) is 3.34. The number of halogens is 1. The van der Waals surface area contributed by atoms with Gasteiger partial charge in [-0.05, 0) is 65.4 Å². The van der Waals surface area contributed by atoms with E-state index in [4.69, 9.17) is 4.42 Å². The molecule has 1 heterocycles. The van der Waals surface area contributed by atoms with Crippen LogP contribution in [0.25, 0.3) is 0 Å². The third kappa shape index (κ3) is 2.86. The van der Waals surface area contributed by atoms with E-state index in [0.29, 0.717) is 6.04 Å². The molecule has 0 fully saturated rings. The van der Waals surface area contributed by atoms with Gasteiger partial charge in [-0.25, -0.2) is 0 Å². The molecule has 16 heavy (non-hydrogen) atoms. The quantitative estimate of drug-likeness (QED) is 0.871. The number of likely N-dealkylation sites (N-methyl/N-ethyl adjacent to an activating group) is 1. The van der Waals surface area contributed by atoms with E-state index in [2.05, 4.69) is 52.2 Å². The first-order chi connectivity index (χ1) is 7.79. The summed E-state index contributed by atoms with van der Waals surface area (Å²) in [7, 11) is 1.99. The second kappa shape index (κ2) is 5.50. The summed E-state index contributed by atoms with van der Waals surface area (Å²) in [4.78, 5) is 0. The number of furan rings is 1. The smallest absolute Gasteiger partial charge is 0.0935 e. The summed E-state index contributed by atoms with van der Waals surface area (Å²) >= 11 is 2.34. The lowest BCUT2D eigenvalue weighted by Crippen LogP contribution is -2.18. The van der Waals surface area contributed by atoms with Crippen LogP contribution in [-0.2, 0) is 6.42 Å². The molecule has 0 bridgehead atoms. The lowest BCUT2D eigenvalue weighted by Gasteiger charge is -2.15. The van der Waals surface area contributed by atoms with Crippen molar-refractivity contribution in [2.24, 2.45) is 0 Å². The van der Waals surface area contributed by atoms with Crippen LogP contribution < -0.4 is 5.32 Å². The average Bonchev–Trinajstić information content (AvgIpc) is 2.78. The molecule has 1 aromatic carbocycles. The third-order valence-electron chi connectivity index (χ3n) is 2.62. The zero-order chi connectivity index (χ0) is 11.4. The highest BCUT2D eigenvalue weighted by molar-refractivity contribution is 14.1. The number of nitrogens with one attached hydrogen (secondary N) is 1. The summed E-state index contributed by atoms with van der Waals surface area (Å²) < 4.78 is 6.36. The second-order valence-corrected chi connectivity index (χ2v) is 4.98. The van der Waals surface area contributed by atoms with Gasteiger partial charge in [0.25, 0.3) is 0 Å². The Bertz CT molecular complexity index is 439. The van der Waals surface area contributed by atoms with Crippen LogP contribution in [0.3, 0.4) is 0 Å². The molecule has 1 atom stereocenters. The summed E-state index contributed by atoms with van der Waals surface area (Å²) in [6, 6.07) is 10.9. The summed E-state index contributed by atoms with van der Waals surface area (Å²) in [6.07, 6.45) is 4.47. The van der Waals surface area contributed by atoms with Gasteiger partial charge in [0, 0.05) is 9.61 Å². The van der Waals surface area contributed by atoms with Crippen molar-refractivity contribution in [3.05, 3.63) is 57.6 Å². The molecule has 0 aliphatic carbocycles. The van der Waals surface area contributed by atoms with Gasteiger partial charge < -0.3 is 9.73 Å². The Morgan fingerprint density at radius 2 is 2.25 bits per heavy atom. The fraction of sp³-hybridized carbons (Fsp3) is 0.231. The third-order valence-corrected chi connectivity index (χ3v) is 3.29. The van der Waals surface area contributed by atoms with Crippen molar-refractivity contribution < 1.29 is 4.42 Å². The van der Waals surface area contributed by atoms with Gasteiger partial charge in [-0.15, -0.1) is 0 Å². The predicted octanol–water partition coefficient (Wildman–Crippen LogP) is 3.39. The minimum Gasteiger partial charge on any atom is -0.472 e. The van der Waals surface area contributed by atoms with Crippen LogP contribution in [0.1, 0.15) is 17.2 Å². The van der Waals surface area contributed by atoms with Crippen molar-refractivity contribution in [1.82, 2.24) is 5.32 Å². The second-order valence-electron chi connectivity index (χ2n) is 3.73. The maximum Gasteiger partial charge on any atom is 0.0935 e. The highest BCUT2D eigenvalue weighted by atomic mass is 127. The van der Waals surface area contributed by atoms with E-state index in [1.807, 2.05) is 13.1 Å². The average molecular weight is 327 g/mol. The lowest BCUT2D eigenvalue weighted by molar-refractivity contribution is 0.551. The van der Waals surface area contributed by atoms with Gasteiger partial charge in [0.1, 0.15) is 0 Å². The topological polar surface area (TPSA) is 25.2 Å². The Labute approximate surface area is 109 Å². The van der Waals surface area contributed by atoms with Crippen LogP contribution in [0.4, 0.5) is 0 Å². The molecule has 2 aromatic rings. The molecule has 0 aliphatic rings. The van der Waals surface area contributed by atoms with Crippen LogP contribution in [0.15, 0.2) is 47.3 Å². The highest BCUT2D eigenvalue weighted by Crippen LogP contribution is 2.20. The monoisotopic (exact) mass is 327 g/mol. The molecular formula is C13H14INO. The van der Waals surface area contributed by atoms with Crippen molar-refractivity contribution in [3.63, 3.8) is 0 Å². The highest BCUT2D eigenvalue weighted by Gasteiger charge is 2.10. The predicted molar refractivity (Wildman–Crippen MR) is 73.4 cm³/mol. The molecular weight excluding hydrogens is 313 g/mol. The molecule has 2 rings (SSSR count).